The topological polar surface area (TPSA) is 61.8 Å². The molecule has 0 unspecified atom stereocenters. The van der Waals surface area contributed by atoms with Crippen LogP contribution in [0.25, 0.3) is 0 Å². The highest BCUT2D eigenvalue weighted by Gasteiger charge is 2.15. The SMILES string of the molecule is COc1ccc([C@H](CO)CC(=O)NCCN(C)C)cc1. The molecule has 0 aliphatic carbocycles. The highest BCUT2D eigenvalue weighted by Crippen LogP contribution is 2.21. The molecule has 2 N–H and O–H groups in total. The lowest BCUT2D eigenvalue weighted by molar-refractivity contribution is -0.121. The fourth-order valence-electron chi connectivity index (χ4n) is 1.88. The van der Waals surface area contributed by atoms with Crippen molar-refractivity contribution < 1.29 is 14.6 Å². The fourth-order valence-corrected chi connectivity index (χ4v) is 1.88. The van der Waals surface area contributed by atoms with Crippen LogP contribution in [0, 0.1) is 0 Å². The molecule has 0 saturated heterocycles. The lowest BCUT2D eigenvalue weighted by Crippen LogP contribution is -2.32. The zero-order chi connectivity index (χ0) is 15.0. The summed E-state index contributed by atoms with van der Waals surface area (Å²) in [6.45, 7) is 1.37. The second-order valence-electron chi connectivity index (χ2n) is 5.01. The van der Waals surface area contributed by atoms with Crippen LogP contribution in [0.4, 0.5) is 0 Å². The Labute approximate surface area is 120 Å². The lowest BCUT2D eigenvalue weighted by Gasteiger charge is -2.16. The summed E-state index contributed by atoms with van der Waals surface area (Å²) < 4.78 is 5.09. The van der Waals surface area contributed by atoms with Gasteiger partial charge < -0.3 is 20.1 Å². The van der Waals surface area contributed by atoms with Crippen LogP contribution in [0.3, 0.4) is 0 Å². The van der Waals surface area contributed by atoms with E-state index in [9.17, 15) is 9.90 Å². The second kappa shape index (κ2) is 8.55. The number of aliphatic hydroxyl groups is 1. The van der Waals surface area contributed by atoms with Crippen molar-refractivity contribution in [3.8, 4) is 5.75 Å². The van der Waals surface area contributed by atoms with Gasteiger partial charge in [0.15, 0.2) is 0 Å². The van der Waals surface area contributed by atoms with E-state index in [-0.39, 0.29) is 24.9 Å². The Morgan fingerprint density at radius 3 is 2.50 bits per heavy atom. The molecule has 0 fully saturated rings. The Balaban J connectivity index is 2.50. The molecule has 0 aromatic heterocycles. The normalized spacial score (nSPS) is 12.2. The number of ether oxygens (including phenoxy) is 1. The van der Waals surface area contributed by atoms with Crippen molar-refractivity contribution >= 4 is 5.91 Å². The predicted molar refractivity (Wildman–Crippen MR) is 79.0 cm³/mol. The number of carbonyl (C=O) groups is 1. The summed E-state index contributed by atoms with van der Waals surface area (Å²) in [4.78, 5) is 13.8. The van der Waals surface area contributed by atoms with Gasteiger partial charge in [-0.3, -0.25) is 4.79 Å². The van der Waals surface area contributed by atoms with Crippen molar-refractivity contribution in [3.05, 3.63) is 29.8 Å². The molecule has 1 rings (SSSR count). The summed E-state index contributed by atoms with van der Waals surface area (Å²) >= 11 is 0. The lowest BCUT2D eigenvalue weighted by atomic mass is 9.96. The monoisotopic (exact) mass is 280 g/mol. The van der Waals surface area contributed by atoms with E-state index in [0.717, 1.165) is 17.9 Å². The molecular weight excluding hydrogens is 256 g/mol. The number of likely N-dealkylation sites (N-methyl/N-ethyl adjacent to an activating group) is 1. The van der Waals surface area contributed by atoms with Gasteiger partial charge in [-0.05, 0) is 31.8 Å². The molecule has 1 aromatic rings. The molecule has 1 aromatic carbocycles. The molecule has 0 bridgehead atoms. The van der Waals surface area contributed by atoms with Crippen LogP contribution >= 0.6 is 0 Å². The molecule has 5 nitrogen and oxygen atoms in total. The van der Waals surface area contributed by atoms with Crippen LogP contribution in [-0.4, -0.2) is 56.8 Å². The smallest absolute Gasteiger partial charge is 0.220 e. The number of methoxy groups -OCH3 is 1. The number of nitrogens with zero attached hydrogens (tertiary/aromatic N) is 1. The van der Waals surface area contributed by atoms with Gasteiger partial charge in [-0.2, -0.15) is 0 Å². The third-order valence-corrected chi connectivity index (χ3v) is 3.12. The summed E-state index contributed by atoms with van der Waals surface area (Å²) in [5, 5.41) is 12.3. The van der Waals surface area contributed by atoms with E-state index in [0.29, 0.717) is 6.54 Å². The van der Waals surface area contributed by atoms with Gasteiger partial charge in [0.1, 0.15) is 5.75 Å². The fraction of sp³-hybridized carbons (Fsp3) is 0.533. The highest BCUT2D eigenvalue weighted by molar-refractivity contribution is 5.76. The van der Waals surface area contributed by atoms with Crippen molar-refractivity contribution in [2.75, 3.05) is 40.9 Å². The average Bonchev–Trinajstić information content (AvgIpc) is 2.44. The van der Waals surface area contributed by atoms with E-state index in [1.54, 1.807) is 7.11 Å². The number of nitrogens with one attached hydrogen (secondary N) is 1. The standard InChI is InChI=1S/C15H24N2O3/c1-17(2)9-8-16-15(19)10-13(11-18)12-4-6-14(20-3)7-5-12/h4-7,13,18H,8-11H2,1-3H3,(H,16,19)/t13-/m0/s1. The number of benzene rings is 1. The quantitative estimate of drug-likeness (QED) is 0.741. The highest BCUT2D eigenvalue weighted by atomic mass is 16.5. The van der Waals surface area contributed by atoms with E-state index >= 15 is 0 Å². The number of hydrogen-bond donors (Lipinski definition) is 2. The molecule has 0 heterocycles. The Hall–Kier alpha value is -1.59. The third kappa shape index (κ3) is 5.59. The van der Waals surface area contributed by atoms with Gasteiger partial charge in [0.2, 0.25) is 5.91 Å². The van der Waals surface area contributed by atoms with Gasteiger partial charge in [0.25, 0.3) is 0 Å². The van der Waals surface area contributed by atoms with Crippen molar-refractivity contribution in [1.29, 1.82) is 0 Å². The van der Waals surface area contributed by atoms with E-state index in [1.807, 2.05) is 43.3 Å². The van der Waals surface area contributed by atoms with E-state index in [2.05, 4.69) is 5.32 Å². The molecule has 0 aliphatic heterocycles. The minimum Gasteiger partial charge on any atom is -0.497 e. The maximum Gasteiger partial charge on any atom is 0.220 e. The molecular formula is C15H24N2O3. The van der Waals surface area contributed by atoms with Crippen LogP contribution in [0.2, 0.25) is 0 Å². The Morgan fingerprint density at radius 2 is 2.00 bits per heavy atom. The van der Waals surface area contributed by atoms with Crippen LogP contribution in [0.5, 0.6) is 5.75 Å². The van der Waals surface area contributed by atoms with E-state index < -0.39 is 0 Å². The number of rotatable bonds is 8. The van der Waals surface area contributed by atoms with Gasteiger partial charge in [0.05, 0.1) is 13.7 Å². The minimum absolute atomic E-state index is 0.0401. The Morgan fingerprint density at radius 1 is 1.35 bits per heavy atom. The van der Waals surface area contributed by atoms with Crippen molar-refractivity contribution in [1.82, 2.24) is 10.2 Å². The minimum atomic E-state index is -0.180. The predicted octanol–water partition coefficient (Wildman–Crippen LogP) is 0.839. The number of hydrogen-bond acceptors (Lipinski definition) is 4. The molecule has 0 saturated carbocycles. The van der Waals surface area contributed by atoms with Crippen molar-refractivity contribution in [3.63, 3.8) is 0 Å². The van der Waals surface area contributed by atoms with Crippen molar-refractivity contribution in [2.45, 2.75) is 12.3 Å². The second-order valence-corrected chi connectivity index (χ2v) is 5.01. The van der Waals surface area contributed by atoms with Crippen LogP contribution in [-0.2, 0) is 4.79 Å². The van der Waals surface area contributed by atoms with Crippen LogP contribution < -0.4 is 10.1 Å². The summed E-state index contributed by atoms with van der Waals surface area (Å²) in [6, 6.07) is 7.43. The Bertz CT molecular complexity index is 404. The third-order valence-electron chi connectivity index (χ3n) is 3.12. The first-order chi connectivity index (χ1) is 9.56. The Kier molecular flexibility index (Phi) is 7.04. The van der Waals surface area contributed by atoms with Crippen molar-refractivity contribution in [2.24, 2.45) is 0 Å². The van der Waals surface area contributed by atoms with Crippen LogP contribution in [0.15, 0.2) is 24.3 Å². The van der Waals surface area contributed by atoms with E-state index in [1.165, 1.54) is 0 Å². The van der Waals surface area contributed by atoms with Gasteiger partial charge in [-0.15, -0.1) is 0 Å². The maximum absolute atomic E-state index is 11.8. The first kappa shape index (κ1) is 16.5. The van der Waals surface area contributed by atoms with Gasteiger partial charge in [-0.25, -0.2) is 0 Å². The molecule has 20 heavy (non-hydrogen) atoms. The summed E-state index contributed by atoms with van der Waals surface area (Å²) in [7, 11) is 5.52. The first-order valence-electron chi connectivity index (χ1n) is 6.73. The zero-order valence-electron chi connectivity index (χ0n) is 12.4. The zero-order valence-corrected chi connectivity index (χ0v) is 12.4. The van der Waals surface area contributed by atoms with Gasteiger partial charge in [0, 0.05) is 25.4 Å². The largest absolute Gasteiger partial charge is 0.497 e. The molecule has 112 valence electrons. The average molecular weight is 280 g/mol. The maximum atomic E-state index is 11.8. The summed E-state index contributed by atoms with van der Waals surface area (Å²) in [6.07, 6.45) is 0.288. The molecule has 5 heteroatoms. The first-order valence-corrected chi connectivity index (χ1v) is 6.73. The number of aliphatic hydroxyl groups excluding tert-OH is 1. The number of amides is 1. The summed E-state index contributed by atoms with van der Waals surface area (Å²) in [5.41, 5.74) is 0.941. The van der Waals surface area contributed by atoms with E-state index in [4.69, 9.17) is 4.74 Å². The molecule has 0 spiro atoms. The molecule has 0 radical (unpaired) electrons. The molecule has 0 aliphatic rings. The summed E-state index contributed by atoms with van der Waals surface area (Å²) in [5.74, 6) is 0.544. The van der Waals surface area contributed by atoms with Gasteiger partial charge in [-0.1, -0.05) is 12.1 Å². The molecule has 1 atom stereocenters. The number of carbonyl (C=O) groups excluding carboxylic acids is 1. The molecule has 1 amide bonds. The van der Waals surface area contributed by atoms with Gasteiger partial charge >= 0.3 is 0 Å². The van der Waals surface area contributed by atoms with Crippen LogP contribution in [0.1, 0.15) is 17.9 Å².